The molecule has 0 N–H and O–H groups in total. The average molecular weight is 463 g/mol. The van der Waals surface area contributed by atoms with E-state index in [-0.39, 0.29) is 29.5 Å². The summed E-state index contributed by atoms with van der Waals surface area (Å²) in [5.41, 5.74) is 1.12. The van der Waals surface area contributed by atoms with Gasteiger partial charge in [-0.1, -0.05) is 36.4 Å². The Hall–Kier alpha value is -2.70. The van der Waals surface area contributed by atoms with Gasteiger partial charge in [0.05, 0.1) is 6.61 Å². The molecular weight excluding hydrogens is 432 g/mol. The van der Waals surface area contributed by atoms with E-state index in [1.54, 1.807) is 36.7 Å². The van der Waals surface area contributed by atoms with Crippen molar-refractivity contribution >= 4 is 6.08 Å². The molecule has 0 aliphatic heterocycles. The third kappa shape index (κ3) is 6.42. The molecule has 33 heavy (non-hydrogen) atoms. The van der Waals surface area contributed by atoms with E-state index in [0.717, 1.165) is 0 Å². The van der Waals surface area contributed by atoms with Gasteiger partial charge in [0.2, 0.25) is 0 Å². The van der Waals surface area contributed by atoms with E-state index >= 15 is 0 Å². The Labute approximate surface area is 192 Å². The van der Waals surface area contributed by atoms with Crippen LogP contribution in [-0.2, 0) is 6.42 Å². The maximum atomic E-state index is 14.8. The number of aromatic nitrogens is 2. The van der Waals surface area contributed by atoms with E-state index in [9.17, 15) is 17.6 Å². The van der Waals surface area contributed by atoms with Crippen LogP contribution in [-0.4, -0.2) is 22.5 Å². The smallest absolute Gasteiger partial charge is 0.316 e. The zero-order valence-electron chi connectivity index (χ0n) is 19.0. The highest BCUT2D eigenvalue weighted by molar-refractivity contribution is 5.51. The lowest BCUT2D eigenvalue weighted by Gasteiger charge is -2.36. The lowest BCUT2D eigenvalue weighted by atomic mass is 9.75. The topological polar surface area (TPSA) is 35.0 Å². The number of halogens is 4. The quantitative estimate of drug-likeness (QED) is 0.290. The highest BCUT2D eigenvalue weighted by Gasteiger charge is 2.44. The first-order valence-electron chi connectivity index (χ1n) is 11.4. The van der Waals surface area contributed by atoms with Gasteiger partial charge in [-0.25, -0.2) is 27.5 Å². The van der Waals surface area contributed by atoms with Gasteiger partial charge in [0.15, 0.2) is 11.6 Å². The molecule has 1 heterocycles. The molecule has 2 atom stereocenters. The van der Waals surface area contributed by atoms with E-state index in [1.165, 1.54) is 12.1 Å². The molecule has 0 spiro atoms. The molecule has 1 aliphatic carbocycles. The molecule has 1 aromatic heterocycles. The molecule has 0 bridgehead atoms. The maximum absolute atomic E-state index is 14.8. The van der Waals surface area contributed by atoms with Crippen molar-refractivity contribution in [3.05, 3.63) is 71.1 Å². The summed E-state index contributed by atoms with van der Waals surface area (Å²) in [6, 6.07) is 3.32. The van der Waals surface area contributed by atoms with E-state index in [0.29, 0.717) is 44.3 Å². The van der Waals surface area contributed by atoms with Crippen molar-refractivity contribution in [1.29, 1.82) is 0 Å². The molecule has 3 rings (SSSR count). The lowest BCUT2D eigenvalue weighted by molar-refractivity contribution is -0.0940. The standard InChI is InChI=1S/C26H30F4N2O/c1-3-5-8-18-11-12-19(24(28)23(18)27)9-6-7-10-22-14-13-20(15-26(22,29)30)21-16-31-25(32-17-21)33-4-2/h3,5-6,9,11-12,16-17,20,22H,4,7-8,10,13-15H2,1-2H3/b5-3-,9-6+. The molecule has 0 saturated heterocycles. The summed E-state index contributed by atoms with van der Waals surface area (Å²) < 4.78 is 63.3. The van der Waals surface area contributed by atoms with Crippen LogP contribution in [0.5, 0.6) is 6.01 Å². The molecule has 2 aromatic rings. The third-order valence-corrected chi connectivity index (χ3v) is 6.12. The van der Waals surface area contributed by atoms with E-state index in [4.69, 9.17) is 4.74 Å². The van der Waals surface area contributed by atoms with Crippen LogP contribution in [0.1, 0.15) is 68.6 Å². The van der Waals surface area contributed by atoms with Crippen molar-refractivity contribution in [2.45, 2.75) is 64.2 Å². The van der Waals surface area contributed by atoms with Crippen LogP contribution in [0.2, 0.25) is 0 Å². The average Bonchev–Trinajstić information content (AvgIpc) is 2.80. The summed E-state index contributed by atoms with van der Waals surface area (Å²) in [6.45, 7) is 4.08. The fraction of sp³-hybridized carbons (Fsp3) is 0.462. The van der Waals surface area contributed by atoms with Gasteiger partial charge in [0.1, 0.15) is 0 Å². The van der Waals surface area contributed by atoms with Crippen LogP contribution >= 0.6 is 0 Å². The zero-order chi connectivity index (χ0) is 23.8. The van der Waals surface area contributed by atoms with Gasteiger partial charge >= 0.3 is 6.01 Å². The molecule has 1 saturated carbocycles. The largest absolute Gasteiger partial charge is 0.464 e. The SMILES string of the molecule is C/C=C\Cc1ccc(/C=C/CCC2CCC(c3cnc(OCC)nc3)CC2(F)F)c(F)c1F. The van der Waals surface area contributed by atoms with Gasteiger partial charge in [-0.05, 0) is 63.0 Å². The van der Waals surface area contributed by atoms with Gasteiger partial charge in [0.25, 0.3) is 5.92 Å². The Bertz CT molecular complexity index is 973. The fourth-order valence-corrected chi connectivity index (χ4v) is 4.23. The van der Waals surface area contributed by atoms with Crippen molar-refractivity contribution in [3.8, 4) is 6.01 Å². The summed E-state index contributed by atoms with van der Waals surface area (Å²) in [7, 11) is 0. The molecule has 0 amide bonds. The van der Waals surface area contributed by atoms with Crippen LogP contribution in [0, 0.1) is 17.6 Å². The Morgan fingerprint density at radius 1 is 1.09 bits per heavy atom. The predicted molar refractivity (Wildman–Crippen MR) is 121 cm³/mol. The Kier molecular flexibility index (Phi) is 8.64. The number of nitrogens with zero attached hydrogens (tertiary/aromatic N) is 2. The first-order valence-corrected chi connectivity index (χ1v) is 11.4. The van der Waals surface area contributed by atoms with Crippen molar-refractivity contribution in [2.75, 3.05) is 6.61 Å². The van der Waals surface area contributed by atoms with Gasteiger partial charge in [0, 0.05) is 30.3 Å². The van der Waals surface area contributed by atoms with Crippen LogP contribution in [0.25, 0.3) is 6.08 Å². The summed E-state index contributed by atoms with van der Waals surface area (Å²) in [4.78, 5) is 8.17. The van der Waals surface area contributed by atoms with Crippen molar-refractivity contribution in [3.63, 3.8) is 0 Å². The van der Waals surface area contributed by atoms with Crippen LogP contribution < -0.4 is 4.74 Å². The molecule has 178 valence electrons. The Balaban J connectivity index is 1.55. The number of ether oxygens (including phenoxy) is 1. The monoisotopic (exact) mass is 462 g/mol. The molecule has 2 unspecified atom stereocenters. The molecule has 1 fully saturated rings. The molecule has 0 radical (unpaired) electrons. The normalized spacial score (nSPS) is 20.5. The van der Waals surface area contributed by atoms with E-state index < -0.39 is 23.5 Å². The van der Waals surface area contributed by atoms with Crippen LogP contribution in [0.4, 0.5) is 17.6 Å². The van der Waals surface area contributed by atoms with Gasteiger partial charge in [-0.2, -0.15) is 0 Å². The lowest BCUT2D eigenvalue weighted by Crippen LogP contribution is -2.35. The summed E-state index contributed by atoms with van der Waals surface area (Å²) >= 11 is 0. The summed E-state index contributed by atoms with van der Waals surface area (Å²) in [5.74, 6) is -5.61. The zero-order valence-corrected chi connectivity index (χ0v) is 19.0. The third-order valence-electron chi connectivity index (χ3n) is 6.12. The number of rotatable bonds is 9. The van der Waals surface area contributed by atoms with Gasteiger partial charge in [-0.15, -0.1) is 0 Å². The van der Waals surface area contributed by atoms with Crippen LogP contribution in [0.3, 0.4) is 0 Å². The number of hydrogen-bond donors (Lipinski definition) is 0. The molecule has 1 aliphatic rings. The first-order chi connectivity index (χ1) is 15.9. The summed E-state index contributed by atoms with van der Waals surface area (Å²) in [5, 5.41) is 0. The molecule has 1 aromatic carbocycles. The minimum atomic E-state index is -2.80. The molecular formula is C26H30F4N2O. The Morgan fingerprint density at radius 2 is 1.85 bits per heavy atom. The fourth-order valence-electron chi connectivity index (χ4n) is 4.23. The Morgan fingerprint density at radius 3 is 2.52 bits per heavy atom. The minimum absolute atomic E-state index is 0.127. The number of hydrogen-bond acceptors (Lipinski definition) is 3. The second-order valence-electron chi connectivity index (χ2n) is 8.36. The maximum Gasteiger partial charge on any atom is 0.316 e. The van der Waals surface area contributed by atoms with Crippen molar-refractivity contribution in [1.82, 2.24) is 9.97 Å². The van der Waals surface area contributed by atoms with Crippen molar-refractivity contribution in [2.24, 2.45) is 5.92 Å². The predicted octanol–water partition coefficient (Wildman–Crippen LogP) is 7.28. The van der Waals surface area contributed by atoms with E-state index in [1.807, 2.05) is 13.8 Å². The summed E-state index contributed by atoms with van der Waals surface area (Å²) in [6.07, 6.45) is 11.6. The highest BCUT2D eigenvalue weighted by atomic mass is 19.3. The van der Waals surface area contributed by atoms with Gasteiger partial charge < -0.3 is 4.74 Å². The van der Waals surface area contributed by atoms with Crippen molar-refractivity contribution < 1.29 is 22.3 Å². The molecule has 3 nitrogen and oxygen atoms in total. The second-order valence-corrected chi connectivity index (χ2v) is 8.36. The van der Waals surface area contributed by atoms with Gasteiger partial charge in [-0.3, -0.25) is 0 Å². The van der Waals surface area contributed by atoms with Crippen LogP contribution in [0.15, 0.2) is 42.8 Å². The molecule has 7 heteroatoms. The number of allylic oxidation sites excluding steroid dienone is 3. The highest BCUT2D eigenvalue weighted by Crippen LogP contribution is 2.47. The number of alkyl halides is 2. The number of benzene rings is 1. The minimum Gasteiger partial charge on any atom is -0.464 e. The first kappa shape index (κ1) is 24.9. The van der Waals surface area contributed by atoms with E-state index in [2.05, 4.69) is 9.97 Å². The second kappa shape index (κ2) is 11.4.